The van der Waals surface area contributed by atoms with E-state index in [1.54, 1.807) is 26.0 Å². The minimum atomic E-state index is -5.83. The van der Waals surface area contributed by atoms with Crippen LogP contribution in [0.2, 0.25) is 0 Å². The second-order valence-electron chi connectivity index (χ2n) is 10.2. The van der Waals surface area contributed by atoms with Crippen molar-refractivity contribution < 1.29 is 44.8 Å². The van der Waals surface area contributed by atoms with Crippen LogP contribution in [0.25, 0.3) is 11.1 Å². The van der Waals surface area contributed by atoms with Gasteiger partial charge in [-0.3, -0.25) is 4.79 Å². The number of benzene rings is 3. The Balaban J connectivity index is 1.45. The summed E-state index contributed by atoms with van der Waals surface area (Å²) in [6, 6.07) is 13.6. The minimum Gasteiger partial charge on any atom is -0.492 e. The van der Waals surface area contributed by atoms with E-state index < -0.39 is 21.4 Å². The van der Waals surface area contributed by atoms with Crippen molar-refractivity contribution in [3.05, 3.63) is 75.8 Å². The van der Waals surface area contributed by atoms with Gasteiger partial charge in [-0.2, -0.15) is 26.9 Å². The molecule has 0 fully saturated rings. The van der Waals surface area contributed by atoms with E-state index in [1.165, 1.54) is 19.2 Å². The van der Waals surface area contributed by atoms with E-state index >= 15 is 0 Å². The Hall–Kier alpha value is -4.24. The van der Waals surface area contributed by atoms with Gasteiger partial charge >= 0.3 is 21.6 Å². The Bertz CT molecular complexity index is 1700. The lowest BCUT2D eigenvalue weighted by Gasteiger charge is -2.19. The second-order valence-corrected chi connectivity index (χ2v) is 11.8. The molecular formula is C30H26F3NO7S. The number of fused-ring (bicyclic) bond motifs is 2. The first kappa shape index (κ1) is 29.3. The second kappa shape index (κ2) is 10.9. The molecule has 2 aliphatic rings. The molecule has 0 unspecified atom stereocenters. The third kappa shape index (κ3) is 5.36. The van der Waals surface area contributed by atoms with Gasteiger partial charge in [0.1, 0.15) is 23.4 Å². The molecular weight excluding hydrogens is 575 g/mol. The highest BCUT2D eigenvalue weighted by Gasteiger charge is 2.48. The van der Waals surface area contributed by atoms with Gasteiger partial charge in [-0.1, -0.05) is 12.1 Å². The summed E-state index contributed by atoms with van der Waals surface area (Å²) in [5, 5.41) is 9.92. The lowest BCUT2D eigenvalue weighted by atomic mass is 9.87. The molecule has 3 aromatic rings. The molecule has 1 aliphatic carbocycles. The van der Waals surface area contributed by atoms with Crippen molar-refractivity contribution >= 4 is 16.1 Å². The van der Waals surface area contributed by atoms with Crippen molar-refractivity contribution in [1.29, 1.82) is 5.26 Å². The van der Waals surface area contributed by atoms with Crippen molar-refractivity contribution in [2.24, 2.45) is 0 Å². The Labute approximate surface area is 240 Å². The van der Waals surface area contributed by atoms with E-state index in [0.717, 1.165) is 16.7 Å². The third-order valence-corrected chi connectivity index (χ3v) is 8.48. The molecule has 0 aromatic heterocycles. The third-order valence-electron chi connectivity index (χ3n) is 7.50. The summed E-state index contributed by atoms with van der Waals surface area (Å²) in [7, 11) is -4.49. The van der Waals surface area contributed by atoms with Gasteiger partial charge in [-0.05, 0) is 78.8 Å². The molecule has 1 aliphatic heterocycles. The number of hydrogen-bond acceptors (Lipinski definition) is 8. The number of rotatable bonds is 7. The molecule has 0 spiro atoms. The number of alkyl halides is 3. The van der Waals surface area contributed by atoms with E-state index in [9.17, 15) is 31.6 Å². The van der Waals surface area contributed by atoms with Gasteiger partial charge in [0.15, 0.2) is 0 Å². The van der Waals surface area contributed by atoms with Gasteiger partial charge in [0.2, 0.25) is 0 Å². The van der Waals surface area contributed by atoms with Crippen LogP contribution in [-0.4, -0.2) is 33.6 Å². The minimum absolute atomic E-state index is 0.0995. The average Bonchev–Trinajstić information content (AvgIpc) is 3.51. The number of nitrogens with zero attached hydrogens (tertiary/aromatic N) is 1. The topological polar surface area (TPSA) is 112 Å². The maximum Gasteiger partial charge on any atom is 0.534 e. The van der Waals surface area contributed by atoms with Gasteiger partial charge < -0.3 is 18.4 Å². The number of aryl methyl sites for hydroxylation is 2. The van der Waals surface area contributed by atoms with Crippen LogP contribution < -0.4 is 13.7 Å². The fourth-order valence-corrected chi connectivity index (χ4v) is 6.10. The summed E-state index contributed by atoms with van der Waals surface area (Å²) in [4.78, 5) is 11.7. The predicted octanol–water partition coefficient (Wildman–Crippen LogP) is 6.18. The highest BCUT2D eigenvalue weighted by molar-refractivity contribution is 7.88. The fourth-order valence-electron chi connectivity index (χ4n) is 5.66. The molecule has 0 saturated carbocycles. The van der Waals surface area contributed by atoms with E-state index in [2.05, 4.69) is 10.3 Å². The summed E-state index contributed by atoms with van der Waals surface area (Å²) in [6.07, 6.45) is 1.07. The Kier molecular flexibility index (Phi) is 7.57. The maximum atomic E-state index is 12.9. The zero-order valence-electron chi connectivity index (χ0n) is 22.9. The Morgan fingerprint density at radius 2 is 1.74 bits per heavy atom. The summed E-state index contributed by atoms with van der Waals surface area (Å²) in [5.74, 6) is 0.339. The van der Waals surface area contributed by atoms with Crippen molar-refractivity contribution in [2.45, 2.75) is 50.6 Å². The molecule has 0 saturated heterocycles. The molecule has 1 heterocycles. The Morgan fingerprint density at radius 3 is 2.38 bits per heavy atom. The Morgan fingerprint density at radius 1 is 1.05 bits per heavy atom. The summed E-state index contributed by atoms with van der Waals surface area (Å²) < 4.78 is 82.9. The molecule has 5 rings (SSSR count). The highest BCUT2D eigenvalue weighted by atomic mass is 32.2. The zero-order valence-corrected chi connectivity index (χ0v) is 23.7. The molecule has 42 heavy (non-hydrogen) atoms. The van der Waals surface area contributed by atoms with Crippen LogP contribution >= 0.6 is 0 Å². The molecule has 0 bridgehead atoms. The number of hydrogen-bond donors (Lipinski definition) is 0. The van der Waals surface area contributed by atoms with Crippen molar-refractivity contribution in [3.8, 4) is 34.4 Å². The van der Waals surface area contributed by atoms with Crippen molar-refractivity contribution in [3.63, 3.8) is 0 Å². The monoisotopic (exact) mass is 601 g/mol. The average molecular weight is 602 g/mol. The van der Waals surface area contributed by atoms with Gasteiger partial charge in [0.25, 0.3) is 0 Å². The summed E-state index contributed by atoms with van der Waals surface area (Å²) >= 11 is 0. The number of esters is 1. The first-order valence-electron chi connectivity index (χ1n) is 13.0. The number of carbonyl (C=O) groups excluding carboxylic acids is 1. The molecule has 0 radical (unpaired) electrons. The van der Waals surface area contributed by atoms with Crippen LogP contribution in [0.5, 0.6) is 17.2 Å². The smallest absolute Gasteiger partial charge is 0.492 e. The largest absolute Gasteiger partial charge is 0.534 e. The lowest BCUT2D eigenvalue weighted by molar-refractivity contribution is -0.141. The standard InChI is InChI=1S/C30H26F3NO7S/c1-16-10-21(41-42(36,37)30(31,32)33)11-17(2)28(16)29-18(14-34)4-6-23-24(29)8-9-25(23)40-20-5-7-22-19(12-27(35)38-3)15-39-26(22)13-20/h4-7,10-11,13,19,25H,8-9,12,15H2,1-3H3/t19-,25-/m1/s1. The molecule has 220 valence electrons. The predicted molar refractivity (Wildman–Crippen MR) is 145 cm³/mol. The molecule has 8 nitrogen and oxygen atoms in total. The first-order valence-corrected chi connectivity index (χ1v) is 14.4. The van der Waals surface area contributed by atoms with Crippen molar-refractivity contribution in [1.82, 2.24) is 0 Å². The molecule has 3 aromatic carbocycles. The van der Waals surface area contributed by atoms with E-state index in [1.807, 2.05) is 18.2 Å². The molecule has 0 N–H and O–H groups in total. The number of ether oxygens (including phenoxy) is 3. The quantitative estimate of drug-likeness (QED) is 0.179. The van der Waals surface area contributed by atoms with Gasteiger partial charge in [-0.15, -0.1) is 0 Å². The summed E-state index contributed by atoms with van der Waals surface area (Å²) in [6.45, 7) is 3.61. The van der Waals surface area contributed by atoms with Crippen LogP contribution in [0, 0.1) is 25.2 Å². The van der Waals surface area contributed by atoms with Crippen LogP contribution in [0.4, 0.5) is 13.2 Å². The van der Waals surface area contributed by atoms with Gasteiger partial charge in [0.05, 0.1) is 31.8 Å². The van der Waals surface area contributed by atoms with Gasteiger partial charge in [0, 0.05) is 23.1 Å². The molecule has 0 amide bonds. The number of carbonyl (C=O) groups is 1. The van der Waals surface area contributed by atoms with Gasteiger partial charge in [-0.25, -0.2) is 0 Å². The van der Waals surface area contributed by atoms with E-state index in [0.29, 0.717) is 58.8 Å². The lowest BCUT2D eigenvalue weighted by Crippen LogP contribution is -2.28. The van der Waals surface area contributed by atoms with E-state index in [-0.39, 0.29) is 24.4 Å². The number of halogens is 3. The SMILES string of the molecule is COC(=O)C[C@@H]1COc2cc(O[C@@H]3CCc4c3ccc(C#N)c4-c3c(C)cc(OS(=O)(=O)C(F)(F)F)cc3C)ccc21. The molecule has 12 heteroatoms. The van der Waals surface area contributed by atoms with Crippen LogP contribution in [0.15, 0.2) is 42.5 Å². The summed E-state index contributed by atoms with van der Waals surface area (Å²) in [5.41, 5.74) is -0.394. The number of methoxy groups -OCH3 is 1. The van der Waals surface area contributed by atoms with Crippen LogP contribution in [-0.2, 0) is 26.1 Å². The number of nitriles is 1. The van der Waals surface area contributed by atoms with Crippen LogP contribution in [0.3, 0.4) is 0 Å². The van der Waals surface area contributed by atoms with E-state index in [4.69, 9.17) is 14.2 Å². The fraction of sp³-hybridized carbons (Fsp3) is 0.333. The van der Waals surface area contributed by atoms with Crippen molar-refractivity contribution in [2.75, 3.05) is 13.7 Å². The zero-order chi connectivity index (χ0) is 30.4. The highest BCUT2D eigenvalue weighted by Crippen LogP contribution is 2.45. The first-order chi connectivity index (χ1) is 19.8. The van der Waals surface area contributed by atoms with Crippen LogP contribution in [0.1, 0.15) is 58.2 Å². The molecule has 2 atom stereocenters. The normalized spacial score (nSPS) is 17.5. The maximum absolute atomic E-state index is 12.9.